The Labute approximate surface area is 130 Å². The largest absolute Gasteiger partial charge is 0.496 e. The number of aliphatic hydroxyl groups is 1. The Bertz CT molecular complexity index is 452. The summed E-state index contributed by atoms with van der Waals surface area (Å²) in [6.45, 7) is 5.35. The number of benzene rings is 1. The molecule has 0 amide bonds. The van der Waals surface area contributed by atoms with Crippen molar-refractivity contribution < 1.29 is 9.84 Å². The summed E-state index contributed by atoms with van der Waals surface area (Å²) in [7, 11) is 1.66. The normalized spacial score (nSPS) is 24.4. The molecule has 2 rings (SSSR count). The van der Waals surface area contributed by atoms with E-state index in [9.17, 15) is 5.11 Å². The van der Waals surface area contributed by atoms with Gasteiger partial charge in [-0.15, -0.1) is 0 Å². The Morgan fingerprint density at radius 2 is 2.15 bits per heavy atom. The molecule has 1 atom stereocenters. The number of hydrogen-bond acceptors (Lipinski definition) is 3. The molecule has 1 aliphatic rings. The molecular weight excluding hydrogens is 318 g/mol. The lowest BCUT2D eigenvalue weighted by Gasteiger charge is -2.27. The molecule has 3 nitrogen and oxygen atoms in total. The molecule has 112 valence electrons. The summed E-state index contributed by atoms with van der Waals surface area (Å²) < 4.78 is 6.20. The van der Waals surface area contributed by atoms with Crippen LogP contribution in [0, 0.1) is 0 Å². The van der Waals surface area contributed by atoms with Crippen LogP contribution in [0.1, 0.15) is 31.7 Å². The van der Waals surface area contributed by atoms with Gasteiger partial charge in [0.2, 0.25) is 0 Å². The topological polar surface area (TPSA) is 32.7 Å². The van der Waals surface area contributed by atoms with Crippen LogP contribution in [0.4, 0.5) is 0 Å². The van der Waals surface area contributed by atoms with Gasteiger partial charge in [0.05, 0.1) is 17.2 Å². The molecule has 0 aliphatic carbocycles. The van der Waals surface area contributed by atoms with Crippen LogP contribution in [0.3, 0.4) is 0 Å². The number of nitrogens with zero attached hydrogens (tertiary/aromatic N) is 1. The number of likely N-dealkylation sites (tertiary alicyclic amines) is 1. The summed E-state index contributed by atoms with van der Waals surface area (Å²) >= 11 is 3.51. The highest BCUT2D eigenvalue weighted by molar-refractivity contribution is 9.10. The lowest BCUT2D eigenvalue weighted by atomic mass is 9.88. The van der Waals surface area contributed by atoms with Crippen LogP contribution in [0.5, 0.6) is 5.75 Å². The average Bonchev–Trinajstić information content (AvgIpc) is 2.61. The molecule has 1 heterocycles. The van der Waals surface area contributed by atoms with Gasteiger partial charge in [-0.25, -0.2) is 0 Å². The predicted octanol–water partition coefficient (Wildman–Crippen LogP) is 3.24. The summed E-state index contributed by atoms with van der Waals surface area (Å²) in [5.74, 6) is 0.832. The molecule has 20 heavy (non-hydrogen) atoms. The van der Waals surface area contributed by atoms with E-state index in [0.717, 1.165) is 54.7 Å². The molecule has 0 radical (unpaired) electrons. The fraction of sp³-hybridized carbons (Fsp3) is 0.625. The minimum absolute atomic E-state index is 0.571. The molecule has 4 heteroatoms. The first kappa shape index (κ1) is 15.8. The molecule has 0 bridgehead atoms. The van der Waals surface area contributed by atoms with E-state index in [1.54, 1.807) is 7.11 Å². The van der Waals surface area contributed by atoms with E-state index >= 15 is 0 Å². The fourth-order valence-corrected chi connectivity index (χ4v) is 3.52. The van der Waals surface area contributed by atoms with Crippen molar-refractivity contribution in [1.29, 1.82) is 0 Å². The molecule has 1 aromatic rings. The first-order valence-electron chi connectivity index (χ1n) is 7.33. The fourth-order valence-electron chi connectivity index (χ4n) is 2.93. The lowest BCUT2D eigenvalue weighted by Crippen LogP contribution is -2.33. The van der Waals surface area contributed by atoms with Gasteiger partial charge in [0.25, 0.3) is 0 Å². The SMILES string of the molecule is CCN1CCCC(O)(Cc2ccc(OC)c(Br)c2)CC1. The highest BCUT2D eigenvalue weighted by Gasteiger charge is 2.30. The molecule has 1 unspecified atom stereocenters. The summed E-state index contributed by atoms with van der Waals surface area (Å²) in [4.78, 5) is 2.42. The highest BCUT2D eigenvalue weighted by Crippen LogP contribution is 2.30. The Balaban J connectivity index is 2.06. The standard InChI is InChI=1S/C16H24BrNO2/c1-3-18-9-4-7-16(19,8-10-18)12-13-5-6-15(20-2)14(17)11-13/h5-6,11,19H,3-4,7-10,12H2,1-2H3. The number of hydrogen-bond donors (Lipinski definition) is 1. The zero-order valence-corrected chi connectivity index (χ0v) is 13.9. The van der Waals surface area contributed by atoms with Crippen molar-refractivity contribution in [2.75, 3.05) is 26.7 Å². The van der Waals surface area contributed by atoms with Crippen LogP contribution in [-0.2, 0) is 6.42 Å². The van der Waals surface area contributed by atoms with E-state index in [1.807, 2.05) is 12.1 Å². The molecule has 0 aromatic heterocycles. The van der Waals surface area contributed by atoms with Crippen LogP contribution in [-0.4, -0.2) is 42.4 Å². The molecule has 1 fully saturated rings. The van der Waals surface area contributed by atoms with Gasteiger partial charge in [0, 0.05) is 13.0 Å². The maximum atomic E-state index is 10.9. The predicted molar refractivity (Wildman–Crippen MR) is 85.3 cm³/mol. The minimum Gasteiger partial charge on any atom is -0.496 e. The van der Waals surface area contributed by atoms with E-state index in [4.69, 9.17) is 4.74 Å². The molecule has 1 aromatic carbocycles. The minimum atomic E-state index is -0.571. The monoisotopic (exact) mass is 341 g/mol. The van der Waals surface area contributed by atoms with E-state index in [1.165, 1.54) is 0 Å². The van der Waals surface area contributed by atoms with E-state index in [0.29, 0.717) is 6.42 Å². The van der Waals surface area contributed by atoms with Crippen molar-refractivity contribution in [3.8, 4) is 5.75 Å². The van der Waals surface area contributed by atoms with Crippen molar-refractivity contribution >= 4 is 15.9 Å². The molecular formula is C16H24BrNO2. The summed E-state index contributed by atoms with van der Waals surface area (Å²) in [6.07, 6.45) is 3.52. The summed E-state index contributed by atoms with van der Waals surface area (Å²) in [5, 5.41) is 10.9. The van der Waals surface area contributed by atoms with E-state index in [-0.39, 0.29) is 0 Å². The molecule has 1 N–H and O–H groups in total. The zero-order valence-electron chi connectivity index (χ0n) is 12.4. The maximum Gasteiger partial charge on any atom is 0.133 e. The van der Waals surface area contributed by atoms with Gasteiger partial charge in [-0.05, 0) is 66.0 Å². The Hall–Kier alpha value is -0.580. The van der Waals surface area contributed by atoms with Gasteiger partial charge >= 0.3 is 0 Å². The Morgan fingerprint density at radius 1 is 1.35 bits per heavy atom. The number of rotatable bonds is 4. The van der Waals surface area contributed by atoms with Gasteiger partial charge in [0.1, 0.15) is 5.75 Å². The Kier molecular flexibility index (Phi) is 5.47. The second kappa shape index (κ2) is 6.92. The van der Waals surface area contributed by atoms with Crippen molar-refractivity contribution in [3.05, 3.63) is 28.2 Å². The molecule has 1 aliphatic heterocycles. The van der Waals surface area contributed by atoms with Crippen LogP contribution < -0.4 is 4.74 Å². The van der Waals surface area contributed by atoms with Crippen molar-refractivity contribution in [2.24, 2.45) is 0 Å². The highest BCUT2D eigenvalue weighted by atomic mass is 79.9. The Morgan fingerprint density at radius 3 is 2.80 bits per heavy atom. The van der Waals surface area contributed by atoms with Gasteiger partial charge < -0.3 is 14.7 Å². The number of methoxy groups -OCH3 is 1. The molecule has 1 saturated heterocycles. The van der Waals surface area contributed by atoms with Crippen molar-refractivity contribution in [2.45, 2.75) is 38.2 Å². The van der Waals surface area contributed by atoms with Crippen LogP contribution >= 0.6 is 15.9 Å². The summed E-state index contributed by atoms with van der Waals surface area (Å²) in [5.41, 5.74) is 0.586. The maximum absolute atomic E-state index is 10.9. The zero-order chi connectivity index (χ0) is 14.6. The van der Waals surface area contributed by atoms with Crippen LogP contribution in [0.25, 0.3) is 0 Å². The van der Waals surface area contributed by atoms with Crippen LogP contribution in [0.15, 0.2) is 22.7 Å². The van der Waals surface area contributed by atoms with E-state index < -0.39 is 5.60 Å². The van der Waals surface area contributed by atoms with Crippen LogP contribution in [0.2, 0.25) is 0 Å². The molecule has 0 saturated carbocycles. The van der Waals surface area contributed by atoms with Gasteiger partial charge in [-0.3, -0.25) is 0 Å². The second-order valence-electron chi connectivity index (χ2n) is 5.66. The van der Waals surface area contributed by atoms with Gasteiger partial charge in [0.15, 0.2) is 0 Å². The third-order valence-corrected chi connectivity index (χ3v) is 4.83. The first-order chi connectivity index (χ1) is 9.56. The van der Waals surface area contributed by atoms with Crippen molar-refractivity contribution in [1.82, 2.24) is 4.90 Å². The molecule has 0 spiro atoms. The average molecular weight is 342 g/mol. The first-order valence-corrected chi connectivity index (χ1v) is 8.13. The lowest BCUT2D eigenvalue weighted by molar-refractivity contribution is 0.0258. The van der Waals surface area contributed by atoms with Gasteiger partial charge in [-0.2, -0.15) is 0 Å². The third kappa shape index (κ3) is 3.96. The van der Waals surface area contributed by atoms with Crippen molar-refractivity contribution in [3.63, 3.8) is 0 Å². The summed E-state index contributed by atoms with van der Waals surface area (Å²) in [6, 6.07) is 6.06. The number of ether oxygens (including phenoxy) is 1. The smallest absolute Gasteiger partial charge is 0.133 e. The quantitative estimate of drug-likeness (QED) is 0.912. The van der Waals surface area contributed by atoms with E-state index in [2.05, 4.69) is 33.8 Å². The number of halogens is 1. The third-order valence-electron chi connectivity index (χ3n) is 4.21. The van der Waals surface area contributed by atoms with Gasteiger partial charge in [-0.1, -0.05) is 13.0 Å². The second-order valence-corrected chi connectivity index (χ2v) is 6.51.